The van der Waals surface area contributed by atoms with Crippen LogP contribution in [0.3, 0.4) is 0 Å². The number of rotatable bonds is 4. The maximum atomic E-state index is 5.82. The van der Waals surface area contributed by atoms with Gasteiger partial charge in [0.2, 0.25) is 0 Å². The Morgan fingerprint density at radius 2 is 2.00 bits per heavy atom. The number of aromatic nitrogens is 2. The van der Waals surface area contributed by atoms with Crippen molar-refractivity contribution in [2.45, 2.75) is 12.5 Å². The topological polar surface area (TPSA) is 27.1 Å². The van der Waals surface area contributed by atoms with E-state index in [0.29, 0.717) is 12.5 Å². The van der Waals surface area contributed by atoms with Crippen LogP contribution in [0.2, 0.25) is 0 Å². The van der Waals surface area contributed by atoms with Crippen LogP contribution in [-0.2, 0) is 19.5 Å². The molecule has 0 unspecified atom stereocenters. The second kappa shape index (κ2) is 5.55. The van der Waals surface area contributed by atoms with Gasteiger partial charge in [-0.3, -0.25) is 0 Å². The van der Waals surface area contributed by atoms with Gasteiger partial charge in [-0.1, -0.05) is 24.3 Å². The van der Waals surface area contributed by atoms with Gasteiger partial charge in [0.1, 0.15) is 18.2 Å². The molecule has 0 saturated carbocycles. The summed E-state index contributed by atoms with van der Waals surface area (Å²) in [5.74, 6) is 2.21. The number of hydrogen-bond donors (Lipinski definition) is 0. The van der Waals surface area contributed by atoms with E-state index in [9.17, 15) is 0 Å². The SMILES string of the molecule is Cn1c(COc2cccc(CCl)c2)nc2ccccc21. The first kappa shape index (κ1) is 13.0. The van der Waals surface area contributed by atoms with Gasteiger partial charge in [-0.2, -0.15) is 0 Å². The van der Waals surface area contributed by atoms with Crippen molar-refractivity contribution in [3.8, 4) is 5.75 Å². The summed E-state index contributed by atoms with van der Waals surface area (Å²) in [7, 11) is 2.00. The molecule has 0 amide bonds. The van der Waals surface area contributed by atoms with Gasteiger partial charge in [0.05, 0.1) is 11.0 Å². The van der Waals surface area contributed by atoms with Crippen LogP contribution in [0.5, 0.6) is 5.75 Å². The summed E-state index contributed by atoms with van der Waals surface area (Å²) < 4.78 is 7.86. The molecule has 102 valence electrons. The van der Waals surface area contributed by atoms with Gasteiger partial charge in [0, 0.05) is 12.9 Å². The fourth-order valence-electron chi connectivity index (χ4n) is 2.19. The van der Waals surface area contributed by atoms with E-state index >= 15 is 0 Å². The Bertz CT molecular complexity index is 736. The third-order valence-corrected chi connectivity index (χ3v) is 3.61. The van der Waals surface area contributed by atoms with Crippen molar-refractivity contribution < 1.29 is 4.74 Å². The van der Waals surface area contributed by atoms with Crippen LogP contribution in [0.1, 0.15) is 11.4 Å². The summed E-state index contributed by atoms with van der Waals surface area (Å²) in [5, 5.41) is 0. The van der Waals surface area contributed by atoms with Crippen LogP contribution in [0, 0.1) is 0 Å². The number of ether oxygens (including phenoxy) is 1. The van der Waals surface area contributed by atoms with Crippen molar-refractivity contribution >= 4 is 22.6 Å². The summed E-state index contributed by atoms with van der Waals surface area (Å²) in [4.78, 5) is 4.58. The van der Waals surface area contributed by atoms with Crippen molar-refractivity contribution in [3.05, 3.63) is 59.9 Å². The molecule has 3 nitrogen and oxygen atoms in total. The molecule has 2 aromatic carbocycles. The lowest BCUT2D eigenvalue weighted by atomic mass is 10.2. The van der Waals surface area contributed by atoms with Crippen molar-refractivity contribution in [2.75, 3.05) is 0 Å². The van der Waals surface area contributed by atoms with Gasteiger partial charge < -0.3 is 9.30 Å². The summed E-state index contributed by atoms with van der Waals surface area (Å²) >= 11 is 5.82. The lowest BCUT2D eigenvalue weighted by Crippen LogP contribution is -2.03. The molecule has 4 heteroatoms. The quantitative estimate of drug-likeness (QED) is 0.680. The third-order valence-electron chi connectivity index (χ3n) is 3.30. The van der Waals surface area contributed by atoms with E-state index in [1.54, 1.807) is 0 Å². The van der Waals surface area contributed by atoms with Gasteiger partial charge in [-0.25, -0.2) is 4.98 Å². The van der Waals surface area contributed by atoms with E-state index in [0.717, 1.165) is 28.2 Å². The Labute approximate surface area is 122 Å². The average molecular weight is 287 g/mol. The Morgan fingerprint density at radius 3 is 2.80 bits per heavy atom. The zero-order chi connectivity index (χ0) is 13.9. The Kier molecular flexibility index (Phi) is 3.61. The standard InChI is InChI=1S/C16H15ClN2O/c1-19-15-8-3-2-7-14(15)18-16(19)11-20-13-6-4-5-12(9-13)10-17/h2-9H,10-11H2,1H3. The molecular weight excluding hydrogens is 272 g/mol. The first-order valence-electron chi connectivity index (χ1n) is 6.46. The number of alkyl halides is 1. The van der Waals surface area contributed by atoms with Crippen molar-refractivity contribution in [3.63, 3.8) is 0 Å². The monoisotopic (exact) mass is 286 g/mol. The van der Waals surface area contributed by atoms with Crippen LogP contribution in [0.25, 0.3) is 11.0 Å². The van der Waals surface area contributed by atoms with Crippen LogP contribution in [-0.4, -0.2) is 9.55 Å². The molecule has 1 heterocycles. The lowest BCUT2D eigenvalue weighted by molar-refractivity contribution is 0.292. The molecular formula is C16H15ClN2O. The molecule has 0 radical (unpaired) electrons. The minimum absolute atomic E-state index is 0.441. The zero-order valence-electron chi connectivity index (χ0n) is 11.2. The predicted molar refractivity (Wildman–Crippen MR) is 81.0 cm³/mol. The normalized spacial score (nSPS) is 10.9. The number of para-hydroxylation sites is 2. The van der Waals surface area contributed by atoms with E-state index < -0.39 is 0 Å². The summed E-state index contributed by atoms with van der Waals surface area (Å²) in [6.07, 6.45) is 0. The minimum Gasteiger partial charge on any atom is -0.486 e. The molecule has 0 fully saturated rings. The number of aryl methyl sites for hydroxylation is 1. The third kappa shape index (κ3) is 2.49. The smallest absolute Gasteiger partial charge is 0.147 e. The summed E-state index contributed by atoms with van der Waals surface area (Å²) in [6, 6.07) is 15.9. The molecule has 0 aliphatic heterocycles. The number of fused-ring (bicyclic) bond motifs is 1. The van der Waals surface area contributed by atoms with E-state index in [1.165, 1.54) is 0 Å². The molecule has 0 bridgehead atoms. The molecule has 3 aromatic rings. The van der Waals surface area contributed by atoms with Crippen molar-refractivity contribution in [2.24, 2.45) is 7.05 Å². The summed E-state index contributed by atoms with van der Waals surface area (Å²) in [6.45, 7) is 0.441. The van der Waals surface area contributed by atoms with Gasteiger partial charge in [-0.05, 0) is 29.8 Å². The molecule has 1 aromatic heterocycles. The molecule has 3 rings (SSSR count). The second-order valence-electron chi connectivity index (χ2n) is 4.65. The van der Waals surface area contributed by atoms with Gasteiger partial charge >= 0.3 is 0 Å². The fraction of sp³-hybridized carbons (Fsp3) is 0.188. The number of benzene rings is 2. The molecule has 0 spiro atoms. The highest BCUT2D eigenvalue weighted by atomic mass is 35.5. The number of imidazole rings is 1. The largest absolute Gasteiger partial charge is 0.486 e. The molecule has 0 aliphatic rings. The van der Waals surface area contributed by atoms with Crippen LogP contribution >= 0.6 is 11.6 Å². The van der Waals surface area contributed by atoms with Crippen LogP contribution in [0.15, 0.2) is 48.5 Å². The predicted octanol–water partition coefficient (Wildman–Crippen LogP) is 3.89. The summed E-state index contributed by atoms with van der Waals surface area (Å²) in [5.41, 5.74) is 3.15. The van der Waals surface area contributed by atoms with E-state index in [-0.39, 0.29) is 0 Å². The van der Waals surface area contributed by atoms with Gasteiger partial charge in [-0.15, -0.1) is 11.6 Å². The Balaban J connectivity index is 1.81. The second-order valence-corrected chi connectivity index (χ2v) is 4.91. The number of nitrogens with zero attached hydrogens (tertiary/aromatic N) is 2. The highest BCUT2D eigenvalue weighted by Gasteiger charge is 2.07. The maximum absolute atomic E-state index is 5.82. The van der Waals surface area contributed by atoms with E-state index in [1.807, 2.05) is 49.5 Å². The first-order valence-corrected chi connectivity index (χ1v) is 6.99. The van der Waals surface area contributed by atoms with E-state index in [4.69, 9.17) is 16.3 Å². The maximum Gasteiger partial charge on any atom is 0.147 e. The van der Waals surface area contributed by atoms with Crippen molar-refractivity contribution in [1.82, 2.24) is 9.55 Å². The number of halogens is 1. The Hall–Kier alpha value is -2.00. The highest BCUT2D eigenvalue weighted by Crippen LogP contribution is 2.18. The fourth-order valence-corrected chi connectivity index (χ4v) is 2.36. The zero-order valence-corrected chi connectivity index (χ0v) is 12.0. The van der Waals surface area contributed by atoms with E-state index in [2.05, 4.69) is 15.6 Å². The van der Waals surface area contributed by atoms with Crippen LogP contribution < -0.4 is 4.74 Å². The number of hydrogen-bond acceptors (Lipinski definition) is 2. The minimum atomic E-state index is 0.441. The molecule has 0 atom stereocenters. The Morgan fingerprint density at radius 1 is 1.15 bits per heavy atom. The van der Waals surface area contributed by atoms with Gasteiger partial charge in [0.25, 0.3) is 0 Å². The highest BCUT2D eigenvalue weighted by molar-refractivity contribution is 6.17. The molecule has 0 saturated heterocycles. The van der Waals surface area contributed by atoms with Crippen molar-refractivity contribution in [1.29, 1.82) is 0 Å². The lowest BCUT2D eigenvalue weighted by Gasteiger charge is -2.07. The first-order chi connectivity index (χ1) is 9.78. The molecule has 0 N–H and O–H groups in total. The van der Waals surface area contributed by atoms with Crippen LogP contribution in [0.4, 0.5) is 0 Å². The van der Waals surface area contributed by atoms with Gasteiger partial charge in [0.15, 0.2) is 0 Å². The average Bonchev–Trinajstić information content (AvgIpc) is 2.82. The molecule has 0 aliphatic carbocycles. The molecule has 20 heavy (non-hydrogen) atoms.